The Morgan fingerprint density at radius 2 is 2.11 bits per heavy atom. The number of nitrogens with two attached hydrogens (primary N) is 2. The number of anilines is 1. The fraction of sp³-hybridized carbons (Fsp3) is 0.423. The third kappa shape index (κ3) is 5.00. The molecule has 1 saturated carbocycles. The molecule has 2 aromatic rings. The average molecular weight is 533 g/mol. The van der Waals surface area contributed by atoms with Crippen molar-refractivity contribution in [2.75, 3.05) is 26.6 Å². The number of alkyl halides is 2. The molecule has 1 aromatic carbocycles. The lowest BCUT2D eigenvalue weighted by Gasteiger charge is -2.36. The van der Waals surface area contributed by atoms with Crippen LogP contribution >= 0.6 is 0 Å². The number of pyridine rings is 1. The molecule has 1 unspecified atom stereocenters. The van der Waals surface area contributed by atoms with Gasteiger partial charge in [-0.3, -0.25) is 9.79 Å². The van der Waals surface area contributed by atoms with Crippen LogP contribution in [0.2, 0.25) is 0 Å². The van der Waals surface area contributed by atoms with Crippen molar-refractivity contribution in [3.63, 3.8) is 0 Å². The number of hydrogen-bond donors (Lipinski definition) is 3. The standard InChI is InChI=1S/C26H31F3N6O3/c1-32-11-15(10-30)22-20-17(21(27)24(34-22)33-18-5-4-8-26(28,29)23(18)31)13-35(25(20)36)12-14-6-7-16(37-2)9-19(14)38-3/h6-7,9-11,18,23H,4-5,8,12-13,30-31H2,1-3H3,(H,33,34)/t18?,23-/m1/s1. The lowest BCUT2D eigenvalue weighted by molar-refractivity contribution is -0.0555. The number of amides is 1. The topological polar surface area (TPSA) is 128 Å². The molecule has 0 saturated heterocycles. The van der Waals surface area contributed by atoms with Crippen LogP contribution in [0.4, 0.5) is 19.0 Å². The summed E-state index contributed by atoms with van der Waals surface area (Å²) in [5.74, 6) is -3.53. The van der Waals surface area contributed by atoms with Gasteiger partial charge < -0.3 is 31.2 Å². The molecule has 4 rings (SSSR count). The number of benzene rings is 1. The molecule has 2 aliphatic rings. The fourth-order valence-electron chi connectivity index (χ4n) is 4.89. The van der Waals surface area contributed by atoms with E-state index in [4.69, 9.17) is 20.9 Å². The summed E-state index contributed by atoms with van der Waals surface area (Å²) >= 11 is 0. The SMILES string of the molecule is CN=CC(=CN)c1nc(NC2CCCC(F)(F)[C@@H]2N)c(F)c2c1C(=O)N(Cc1ccc(OC)cc1OC)C2. The number of hydrogen-bond acceptors (Lipinski definition) is 8. The molecule has 12 heteroatoms. The number of allylic oxidation sites excluding steroid dienone is 1. The maximum absolute atomic E-state index is 15.9. The van der Waals surface area contributed by atoms with E-state index in [1.807, 2.05) is 0 Å². The number of aromatic nitrogens is 1. The summed E-state index contributed by atoms with van der Waals surface area (Å²) in [6.07, 6.45) is 2.82. The van der Waals surface area contributed by atoms with Gasteiger partial charge in [0.05, 0.1) is 38.1 Å². The van der Waals surface area contributed by atoms with Crippen molar-refractivity contribution < 1.29 is 27.4 Å². The average Bonchev–Trinajstić information content (AvgIpc) is 3.23. The first-order valence-electron chi connectivity index (χ1n) is 12.1. The van der Waals surface area contributed by atoms with E-state index in [0.717, 1.165) is 0 Å². The zero-order valence-corrected chi connectivity index (χ0v) is 21.4. The highest BCUT2D eigenvalue weighted by Gasteiger charge is 2.45. The third-order valence-electron chi connectivity index (χ3n) is 6.93. The summed E-state index contributed by atoms with van der Waals surface area (Å²) in [5, 5.41) is 2.79. The summed E-state index contributed by atoms with van der Waals surface area (Å²) in [7, 11) is 4.54. The first-order valence-corrected chi connectivity index (χ1v) is 12.1. The first kappa shape index (κ1) is 27.2. The normalized spacial score (nSPS) is 21.1. The second-order valence-corrected chi connectivity index (χ2v) is 9.25. The lowest BCUT2D eigenvalue weighted by atomic mass is 9.87. The predicted octanol–water partition coefficient (Wildman–Crippen LogP) is 3.32. The molecule has 1 aromatic heterocycles. The minimum atomic E-state index is -3.09. The molecule has 38 heavy (non-hydrogen) atoms. The molecule has 2 atom stereocenters. The Bertz CT molecular complexity index is 1280. The van der Waals surface area contributed by atoms with Gasteiger partial charge >= 0.3 is 0 Å². The minimum absolute atomic E-state index is 0.0374. The van der Waals surface area contributed by atoms with Gasteiger partial charge in [-0.25, -0.2) is 18.2 Å². The zero-order chi connectivity index (χ0) is 27.6. The van der Waals surface area contributed by atoms with Crippen LogP contribution < -0.4 is 26.3 Å². The molecular formula is C26H31F3N6O3. The zero-order valence-electron chi connectivity index (χ0n) is 21.4. The molecule has 9 nitrogen and oxygen atoms in total. The number of halogens is 3. The number of aliphatic imine (C=N–C) groups is 1. The quantitative estimate of drug-likeness (QED) is 0.445. The van der Waals surface area contributed by atoms with E-state index < -0.39 is 29.7 Å². The van der Waals surface area contributed by atoms with Crippen LogP contribution in [-0.2, 0) is 13.1 Å². The second kappa shape index (κ2) is 10.9. The van der Waals surface area contributed by atoms with Gasteiger partial charge in [-0.2, -0.15) is 0 Å². The van der Waals surface area contributed by atoms with Crippen LogP contribution in [0.1, 0.15) is 46.4 Å². The second-order valence-electron chi connectivity index (χ2n) is 9.25. The summed E-state index contributed by atoms with van der Waals surface area (Å²) in [5.41, 5.74) is 12.8. The number of rotatable bonds is 8. The minimum Gasteiger partial charge on any atom is -0.497 e. The van der Waals surface area contributed by atoms with Crippen molar-refractivity contribution in [2.45, 2.75) is 50.4 Å². The van der Waals surface area contributed by atoms with E-state index in [1.165, 1.54) is 38.6 Å². The van der Waals surface area contributed by atoms with Gasteiger partial charge in [0.1, 0.15) is 11.5 Å². The van der Waals surface area contributed by atoms with Crippen molar-refractivity contribution in [3.8, 4) is 11.5 Å². The Labute approximate surface area is 218 Å². The van der Waals surface area contributed by atoms with Gasteiger partial charge in [0.25, 0.3) is 11.8 Å². The van der Waals surface area contributed by atoms with Crippen molar-refractivity contribution >= 4 is 23.5 Å². The monoisotopic (exact) mass is 532 g/mol. The van der Waals surface area contributed by atoms with Gasteiger partial charge in [0.2, 0.25) is 0 Å². The van der Waals surface area contributed by atoms with Crippen molar-refractivity contribution in [1.82, 2.24) is 9.88 Å². The molecular weight excluding hydrogens is 501 g/mol. The van der Waals surface area contributed by atoms with Crippen LogP contribution in [0.5, 0.6) is 11.5 Å². The lowest BCUT2D eigenvalue weighted by Crippen LogP contribution is -2.55. The summed E-state index contributed by atoms with van der Waals surface area (Å²) in [6, 6.07) is 2.76. The highest BCUT2D eigenvalue weighted by Crippen LogP contribution is 2.38. The number of carbonyl (C=O) groups excluding carboxylic acids is 1. The summed E-state index contributed by atoms with van der Waals surface area (Å²) in [4.78, 5) is 23.3. The first-order chi connectivity index (χ1) is 18.1. The van der Waals surface area contributed by atoms with Gasteiger partial charge in [-0.1, -0.05) is 0 Å². The van der Waals surface area contributed by atoms with Crippen LogP contribution in [0, 0.1) is 5.82 Å². The number of methoxy groups -OCH3 is 2. The smallest absolute Gasteiger partial charge is 0.264 e. The van der Waals surface area contributed by atoms with Crippen LogP contribution in [-0.4, -0.2) is 61.3 Å². The molecule has 1 fully saturated rings. The predicted molar refractivity (Wildman–Crippen MR) is 138 cm³/mol. The highest BCUT2D eigenvalue weighted by molar-refractivity contribution is 6.14. The number of fused-ring (bicyclic) bond motifs is 1. The number of ether oxygens (including phenoxy) is 2. The molecule has 0 radical (unpaired) electrons. The Hall–Kier alpha value is -3.80. The van der Waals surface area contributed by atoms with Crippen LogP contribution in [0.15, 0.2) is 29.4 Å². The van der Waals surface area contributed by atoms with Gasteiger partial charge in [-0.15, -0.1) is 0 Å². The van der Waals surface area contributed by atoms with Crippen LogP contribution in [0.3, 0.4) is 0 Å². The maximum atomic E-state index is 15.9. The van der Waals surface area contributed by atoms with Crippen molar-refractivity contribution in [1.29, 1.82) is 0 Å². The molecule has 1 aliphatic carbocycles. The van der Waals surface area contributed by atoms with Crippen molar-refractivity contribution in [2.24, 2.45) is 16.5 Å². The van der Waals surface area contributed by atoms with E-state index in [9.17, 15) is 13.6 Å². The van der Waals surface area contributed by atoms with E-state index >= 15 is 4.39 Å². The van der Waals surface area contributed by atoms with Crippen LogP contribution in [0.25, 0.3) is 5.57 Å². The largest absolute Gasteiger partial charge is 0.497 e. The van der Waals surface area contributed by atoms with E-state index in [1.54, 1.807) is 18.2 Å². The molecule has 0 bridgehead atoms. The summed E-state index contributed by atoms with van der Waals surface area (Å²) < 4.78 is 55.1. The Morgan fingerprint density at radius 1 is 1.34 bits per heavy atom. The molecule has 2 heterocycles. The Balaban J connectivity index is 1.74. The molecule has 1 aliphatic heterocycles. The Morgan fingerprint density at radius 3 is 2.76 bits per heavy atom. The summed E-state index contributed by atoms with van der Waals surface area (Å²) in [6.45, 7) is 0.0406. The van der Waals surface area contributed by atoms with E-state index in [0.29, 0.717) is 23.5 Å². The van der Waals surface area contributed by atoms with Gasteiger partial charge in [0, 0.05) is 61.2 Å². The van der Waals surface area contributed by atoms with E-state index in [-0.39, 0.29) is 54.1 Å². The van der Waals surface area contributed by atoms with E-state index in [2.05, 4.69) is 15.3 Å². The van der Waals surface area contributed by atoms with Gasteiger partial charge in [0.15, 0.2) is 11.6 Å². The maximum Gasteiger partial charge on any atom is 0.264 e. The van der Waals surface area contributed by atoms with Gasteiger partial charge in [-0.05, 0) is 25.0 Å². The number of nitrogens with zero attached hydrogens (tertiary/aromatic N) is 3. The van der Waals surface area contributed by atoms with Crippen molar-refractivity contribution in [3.05, 3.63) is 52.6 Å². The fourth-order valence-corrected chi connectivity index (χ4v) is 4.89. The molecule has 5 N–H and O–H groups in total. The molecule has 204 valence electrons. The Kier molecular flexibility index (Phi) is 7.81. The highest BCUT2D eigenvalue weighted by atomic mass is 19.3. The number of carbonyl (C=O) groups is 1. The molecule has 0 spiro atoms. The molecule has 1 amide bonds. The third-order valence-corrected chi connectivity index (χ3v) is 6.93. The number of nitrogens with one attached hydrogen (secondary N) is 1.